The summed E-state index contributed by atoms with van der Waals surface area (Å²) >= 11 is 0. The SMILES string of the molecule is CC.CC.CCC1(C)c2ccccc2-c2c(C)cc3ccccc3[n+]21.COC.Cc1cccc2ccc(-c3ccccn3)[c-]c12.[CH3-].[Pt+2]. The molecule has 3 nitrogen and oxygen atoms in total. The molecule has 1 unspecified atom stereocenters. The number of rotatable bonds is 2. The average Bonchev–Trinajstić information content (AvgIpc) is 3.37. The summed E-state index contributed by atoms with van der Waals surface area (Å²) in [6.45, 7) is 17.0. The summed E-state index contributed by atoms with van der Waals surface area (Å²) in [7, 11) is 3.25. The first-order valence-corrected chi connectivity index (χ1v) is 16.2. The molecule has 0 radical (unpaired) electrons. The Morgan fingerprint density at radius 2 is 1.36 bits per heavy atom. The normalized spacial score (nSPS) is 13.2. The van der Waals surface area contributed by atoms with Gasteiger partial charge < -0.3 is 12.2 Å². The number of fused-ring (bicyclic) bond motifs is 6. The molecular formula is C43H53N2OPt+. The molecule has 4 heteroatoms. The van der Waals surface area contributed by atoms with E-state index in [2.05, 4.69) is 133 Å². The number of hydrogen-bond acceptors (Lipinski definition) is 2. The zero-order valence-electron chi connectivity index (χ0n) is 30.2. The second-order valence-electron chi connectivity index (χ2n) is 10.8. The van der Waals surface area contributed by atoms with Gasteiger partial charge in [0.15, 0.2) is 5.54 Å². The fourth-order valence-corrected chi connectivity index (χ4v) is 5.91. The minimum absolute atomic E-state index is 0. The van der Waals surface area contributed by atoms with Crippen LogP contribution in [0.3, 0.4) is 0 Å². The number of ether oxygens (including phenoxy) is 1. The molecule has 1 aliphatic rings. The maximum Gasteiger partial charge on any atom is 2.00 e. The molecule has 4 aromatic carbocycles. The summed E-state index contributed by atoms with van der Waals surface area (Å²) < 4.78 is 6.81. The standard InChI is InChI=1S/C20H20N.C16H12N.C2H6O.2C2H6.CH3.Pt/c1-4-20(3)17-11-7-6-10-16(17)19-14(2)13-15-9-5-8-12-18(15)21(19)20;1-12-5-4-6-13-8-9-14(11-15(12)13)16-7-2-3-10-17-16;1-3-2;2*1-2;;/h5-13H,4H2,1-3H3;2-10H,1H3;1-2H3;2*1-2H3;1H3;/q+1;-1;;;;-1;+2. The number of pyridine rings is 2. The maximum atomic E-state index is 4.35. The summed E-state index contributed by atoms with van der Waals surface area (Å²) in [5.41, 5.74) is 10.2. The third kappa shape index (κ3) is 8.83. The van der Waals surface area contributed by atoms with Gasteiger partial charge in [0.05, 0.1) is 5.56 Å². The monoisotopic (exact) mass is 808 g/mol. The molecule has 3 heterocycles. The second kappa shape index (κ2) is 19.9. The fraction of sp³-hybridized carbons (Fsp3) is 0.279. The number of aryl methyl sites for hydroxylation is 2. The Morgan fingerprint density at radius 3 is 2.02 bits per heavy atom. The van der Waals surface area contributed by atoms with E-state index in [0.29, 0.717) is 0 Å². The average molecular weight is 809 g/mol. The summed E-state index contributed by atoms with van der Waals surface area (Å²) in [5.74, 6) is 0. The number of para-hydroxylation sites is 1. The van der Waals surface area contributed by atoms with Crippen LogP contribution in [0.15, 0.2) is 109 Å². The van der Waals surface area contributed by atoms with E-state index in [9.17, 15) is 0 Å². The summed E-state index contributed by atoms with van der Waals surface area (Å²) in [6.07, 6.45) is 2.90. The largest absolute Gasteiger partial charge is 2.00 e. The molecule has 0 amide bonds. The molecule has 0 saturated carbocycles. The number of aromatic nitrogens is 2. The quantitative estimate of drug-likeness (QED) is 0.129. The van der Waals surface area contributed by atoms with Crippen molar-refractivity contribution >= 4 is 21.7 Å². The van der Waals surface area contributed by atoms with E-state index in [4.69, 9.17) is 0 Å². The van der Waals surface area contributed by atoms with Gasteiger partial charge >= 0.3 is 21.1 Å². The molecule has 47 heavy (non-hydrogen) atoms. The van der Waals surface area contributed by atoms with E-state index in [-0.39, 0.29) is 34.0 Å². The molecule has 6 aromatic rings. The van der Waals surface area contributed by atoms with Crippen LogP contribution in [0.25, 0.3) is 44.2 Å². The summed E-state index contributed by atoms with van der Waals surface area (Å²) in [5, 5.41) is 3.73. The number of hydrogen-bond donors (Lipinski definition) is 0. The van der Waals surface area contributed by atoms with Crippen molar-refractivity contribution < 1.29 is 30.4 Å². The van der Waals surface area contributed by atoms with Crippen molar-refractivity contribution in [2.24, 2.45) is 0 Å². The van der Waals surface area contributed by atoms with E-state index >= 15 is 0 Å². The van der Waals surface area contributed by atoms with E-state index in [1.807, 2.05) is 52.1 Å². The Labute approximate surface area is 299 Å². The minimum atomic E-state index is 0. The minimum Gasteiger partial charge on any atom is -0.388 e. The molecule has 0 spiro atoms. The fourth-order valence-electron chi connectivity index (χ4n) is 5.91. The second-order valence-corrected chi connectivity index (χ2v) is 10.8. The van der Waals surface area contributed by atoms with Crippen LogP contribution in [0.2, 0.25) is 0 Å². The first-order valence-electron chi connectivity index (χ1n) is 16.2. The Hall–Kier alpha value is -3.65. The van der Waals surface area contributed by atoms with Gasteiger partial charge in [-0.05, 0) is 31.2 Å². The molecule has 0 aliphatic carbocycles. The zero-order chi connectivity index (χ0) is 33.0. The molecule has 0 fully saturated rings. The smallest absolute Gasteiger partial charge is 0.388 e. The first kappa shape index (κ1) is 41.4. The van der Waals surface area contributed by atoms with Crippen LogP contribution >= 0.6 is 0 Å². The van der Waals surface area contributed by atoms with Crippen LogP contribution in [0.5, 0.6) is 0 Å². The molecule has 0 saturated heterocycles. The van der Waals surface area contributed by atoms with Gasteiger partial charge in [-0.2, -0.15) is 4.57 Å². The van der Waals surface area contributed by atoms with E-state index in [0.717, 1.165) is 17.7 Å². The van der Waals surface area contributed by atoms with Gasteiger partial charge in [0.1, 0.15) is 0 Å². The molecule has 1 atom stereocenters. The van der Waals surface area contributed by atoms with Gasteiger partial charge in [-0.15, -0.1) is 29.1 Å². The third-order valence-corrected chi connectivity index (χ3v) is 8.03. The molecular weight excluding hydrogens is 756 g/mol. The Morgan fingerprint density at radius 1 is 0.745 bits per heavy atom. The van der Waals surface area contributed by atoms with Crippen molar-refractivity contribution in [3.8, 4) is 22.5 Å². The zero-order valence-corrected chi connectivity index (χ0v) is 32.5. The number of nitrogens with zero attached hydrogens (tertiary/aromatic N) is 2. The van der Waals surface area contributed by atoms with Crippen LogP contribution < -0.4 is 4.57 Å². The molecule has 1 aliphatic heterocycles. The van der Waals surface area contributed by atoms with Gasteiger partial charge in [-0.25, -0.2) is 0 Å². The van der Waals surface area contributed by atoms with Gasteiger partial charge in [0, 0.05) is 62.0 Å². The van der Waals surface area contributed by atoms with Crippen molar-refractivity contribution in [3.05, 3.63) is 140 Å². The summed E-state index contributed by atoms with van der Waals surface area (Å²) in [6, 6.07) is 39.8. The van der Waals surface area contributed by atoms with Crippen molar-refractivity contribution in [3.63, 3.8) is 0 Å². The van der Waals surface area contributed by atoms with Crippen LogP contribution in [0.4, 0.5) is 0 Å². The number of benzene rings is 4. The van der Waals surface area contributed by atoms with Crippen molar-refractivity contribution in [2.45, 2.75) is 67.3 Å². The van der Waals surface area contributed by atoms with Crippen molar-refractivity contribution in [2.75, 3.05) is 14.2 Å². The topological polar surface area (TPSA) is 26.0 Å². The number of methoxy groups -OCH3 is 1. The van der Waals surface area contributed by atoms with Gasteiger partial charge in [0.2, 0.25) is 11.2 Å². The maximum absolute atomic E-state index is 4.35. The summed E-state index contributed by atoms with van der Waals surface area (Å²) in [4.78, 5) is 4.35. The molecule has 0 bridgehead atoms. The van der Waals surface area contributed by atoms with E-state index < -0.39 is 0 Å². The third-order valence-electron chi connectivity index (χ3n) is 8.03. The van der Waals surface area contributed by atoms with Gasteiger partial charge in [0.25, 0.3) is 0 Å². The van der Waals surface area contributed by atoms with Crippen LogP contribution in [0.1, 0.15) is 64.7 Å². The van der Waals surface area contributed by atoms with Gasteiger partial charge in [-0.1, -0.05) is 113 Å². The first-order chi connectivity index (χ1) is 21.9. The predicted molar refractivity (Wildman–Crippen MR) is 200 cm³/mol. The van der Waals surface area contributed by atoms with Gasteiger partial charge in [-0.3, -0.25) is 4.98 Å². The van der Waals surface area contributed by atoms with Crippen LogP contribution in [0, 0.1) is 27.3 Å². The molecule has 7 rings (SSSR count). The Kier molecular flexibility index (Phi) is 17.5. The molecule has 0 N–H and O–H groups in total. The van der Waals surface area contributed by atoms with Crippen LogP contribution in [-0.2, 0) is 31.3 Å². The molecule has 250 valence electrons. The van der Waals surface area contributed by atoms with Crippen molar-refractivity contribution in [1.29, 1.82) is 0 Å². The molecule has 2 aromatic heterocycles. The Balaban J connectivity index is 0.000000387. The Bertz CT molecular complexity index is 1820. The van der Waals surface area contributed by atoms with E-state index in [1.54, 1.807) is 14.2 Å². The van der Waals surface area contributed by atoms with E-state index in [1.165, 1.54) is 49.6 Å². The van der Waals surface area contributed by atoms with Crippen LogP contribution in [-0.4, -0.2) is 19.2 Å². The van der Waals surface area contributed by atoms with Crippen molar-refractivity contribution in [1.82, 2.24) is 4.98 Å². The predicted octanol–water partition coefficient (Wildman–Crippen LogP) is 11.4.